The summed E-state index contributed by atoms with van der Waals surface area (Å²) in [5.41, 5.74) is 5.71. The van der Waals surface area contributed by atoms with Gasteiger partial charge in [-0.05, 0) is 79.1 Å². The lowest BCUT2D eigenvalue weighted by molar-refractivity contribution is -0.140. The van der Waals surface area contributed by atoms with Gasteiger partial charge in [0.2, 0.25) is 17.7 Å². The van der Waals surface area contributed by atoms with Crippen molar-refractivity contribution in [2.24, 2.45) is 7.05 Å². The number of rotatable bonds is 14. The number of nitrogens with one attached hydrogen (secondary N) is 1. The molecule has 0 spiro atoms. The molecule has 4 aliphatic heterocycles. The zero-order valence-electron chi connectivity index (χ0n) is 33.8. The average Bonchev–Trinajstić information content (AvgIpc) is 3.77. The molecule has 60 heavy (non-hydrogen) atoms. The molecule has 0 saturated carbocycles. The first-order chi connectivity index (χ1) is 29.1. The second-order valence-corrected chi connectivity index (χ2v) is 16.5. The van der Waals surface area contributed by atoms with Gasteiger partial charge in [-0.2, -0.15) is 13.2 Å². The number of aryl methyl sites for hydroxylation is 1. The fourth-order valence-electron chi connectivity index (χ4n) is 9.06. The van der Waals surface area contributed by atoms with E-state index < -0.39 is 11.7 Å². The lowest BCUT2D eigenvalue weighted by Gasteiger charge is -2.41. The van der Waals surface area contributed by atoms with E-state index in [0.29, 0.717) is 63.2 Å². The van der Waals surface area contributed by atoms with Crippen molar-refractivity contribution in [3.8, 4) is 17.0 Å². The Morgan fingerprint density at radius 3 is 2.47 bits per heavy atom. The van der Waals surface area contributed by atoms with Crippen molar-refractivity contribution in [1.29, 1.82) is 0 Å². The number of nitrogens with zero attached hydrogens (tertiary/aromatic N) is 6. The largest absolute Gasteiger partial charge is 0.474 e. The Bertz CT molecular complexity index is 2370. The Hall–Kier alpha value is -5.09. The Balaban J connectivity index is 0.656. The van der Waals surface area contributed by atoms with Gasteiger partial charge in [0.05, 0.1) is 17.7 Å². The molecule has 12 nitrogen and oxygen atoms in total. The van der Waals surface area contributed by atoms with Crippen LogP contribution in [0.4, 0.5) is 18.9 Å². The van der Waals surface area contributed by atoms with Gasteiger partial charge in [0, 0.05) is 125 Å². The average molecular weight is 826 g/mol. The maximum atomic E-state index is 14.3. The Labute approximate surface area is 346 Å². The molecular weight excluding hydrogens is 776 g/mol. The van der Waals surface area contributed by atoms with E-state index in [2.05, 4.69) is 48.2 Å². The molecule has 3 saturated heterocycles. The fraction of sp³-hybridized carbons (Fsp3) is 0.467. The normalized spacial score (nSPS) is 19.6. The van der Waals surface area contributed by atoms with Crippen LogP contribution in [0.15, 0.2) is 67.1 Å². The summed E-state index contributed by atoms with van der Waals surface area (Å²) in [5, 5.41) is 4.45. The molecule has 9 rings (SSSR count). The number of hydrogen-bond donors (Lipinski definition) is 1. The zero-order chi connectivity index (χ0) is 41.4. The molecule has 3 aromatic heterocycles. The van der Waals surface area contributed by atoms with Crippen molar-refractivity contribution < 1.29 is 37.0 Å². The van der Waals surface area contributed by atoms with Gasteiger partial charge >= 0.3 is 6.18 Å². The van der Waals surface area contributed by atoms with Crippen LogP contribution in [0, 0.1) is 0 Å². The first-order valence-corrected chi connectivity index (χ1v) is 21.0. The lowest BCUT2D eigenvalue weighted by Crippen LogP contribution is -2.52. The molecule has 5 aromatic rings. The van der Waals surface area contributed by atoms with E-state index in [4.69, 9.17) is 14.2 Å². The topological polar surface area (TPSA) is 114 Å². The Kier molecular flexibility index (Phi) is 11.5. The van der Waals surface area contributed by atoms with Crippen LogP contribution >= 0.6 is 0 Å². The van der Waals surface area contributed by atoms with Crippen molar-refractivity contribution in [2.45, 2.75) is 76.0 Å². The summed E-state index contributed by atoms with van der Waals surface area (Å²) in [7, 11) is 1.94. The van der Waals surface area contributed by atoms with Gasteiger partial charge in [0.1, 0.15) is 11.7 Å². The van der Waals surface area contributed by atoms with Crippen LogP contribution in [0.2, 0.25) is 0 Å². The first-order valence-electron chi connectivity index (χ1n) is 21.0. The lowest BCUT2D eigenvalue weighted by atomic mass is 10.0. The van der Waals surface area contributed by atoms with Gasteiger partial charge in [-0.1, -0.05) is 18.2 Å². The van der Waals surface area contributed by atoms with Crippen LogP contribution in [-0.2, 0) is 45.4 Å². The third-order valence-electron chi connectivity index (χ3n) is 12.5. The minimum absolute atomic E-state index is 0.188. The smallest absolute Gasteiger partial charge is 0.421 e. The molecule has 316 valence electrons. The van der Waals surface area contributed by atoms with Crippen molar-refractivity contribution >= 4 is 39.3 Å². The molecule has 0 bridgehead atoms. The summed E-state index contributed by atoms with van der Waals surface area (Å²) in [6.45, 7) is 7.37. The van der Waals surface area contributed by atoms with Gasteiger partial charge in [-0.3, -0.25) is 24.8 Å². The molecule has 1 atom stereocenters. The van der Waals surface area contributed by atoms with Crippen LogP contribution in [0.25, 0.3) is 32.9 Å². The molecule has 2 aromatic carbocycles. The van der Waals surface area contributed by atoms with Crippen LogP contribution in [0.5, 0.6) is 5.88 Å². The fourth-order valence-corrected chi connectivity index (χ4v) is 9.06. The van der Waals surface area contributed by atoms with Gasteiger partial charge in [-0.15, -0.1) is 0 Å². The molecule has 1 N–H and O–H groups in total. The second kappa shape index (κ2) is 17.1. The number of hydrogen-bond acceptors (Lipinski definition) is 10. The summed E-state index contributed by atoms with van der Waals surface area (Å²) in [6.07, 6.45) is 4.13. The number of likely N-dealkylation sites (tertiary alicyclic amines) is 1. The van der Waals surface area contributed by atoms with Gasteiger partial charge in [0.15, 0.2) is 0 Å². The van der Waals surface area contributed by atoms with E-state index in [-0.39, 0.29) is 35.9 Å². The number of ether oxygens (including phenoxy) is 3. The van der Waals surface area contributed by atoms with E-state index in [0.717, 1.165) is 80.0 Å². The van der Waals surface area contributed by atoms with Crippen LogP contribution in [0.1, 0.15) is 55.2 Å². The standard InChI is InChI=1S/C45H50F3N7O5/c1-52-39-10-13-49-24-37(39)36-7-5-29(22-41(36)52)31-21-38(45(46,47)48)44(50-23-31)60-34-11-15-53(16-12-34)14-2-17-58-18-3-19-59-35-27-54(28-35)33-6-4-30-25-55(26-32(30)20-33)40-8-9-42(56)51-43(40)57/h4-7,10,13,20-24,34-35,40H,2-3,8-9,11-12,14-19,25-28H2,1H3,(H,51,56,57). The Morgan fingerprint density at radius 2 is 1.65 bits per heavy atom. The number of alkyl halides is 3. The highest BCUT2D eigenvalue weighted by Gasteiger charge is 2.38. The van der Waals surface area contributed by atoms with Crippen molar-refractivity contribution in [2.75, 3.05) is 57.4 Å². The molecule has 15 heteroatoms. The van der Waals surface area contributed by atoms with E-state index in [1.807, 2.05) is 35.9 Å². The molecule has 0 radical (unpaired) electrons. The highest BCUT2D eigenvalue weighted by molar-refractivity contribution is 6.08. The predicted octanol–water partition coefficient (Wildman–Crippen LogP) is 6.47. The highest BCUT2D eigenvalue weighted by atomic mass is 19.4. The number of piperidine rings is 2. The number of carbonyl (C=O) groups is 2. The predicted molar refractivity (Wildman–Crippen MR) is 220 cm³/mol. The molecule has 1 unspecified atom stereocenters. The molecular formula is C45H50F3N7O5. The minimum atomic E-state index is -4.62. The number of fused-ring (bicyclic) bond motifs is 4. The van der Waals surface area contributed by atoms with E-state index >= 15 is 0 Å². The third-order valence-corrected chi connectivity index (χ3v) is 12.5. The maximum absolute atomic E-state index is 14.3. The number of benzene rings is 2. The van der Waals surface area contributed by atoms with E-state index in [1.54, 1.807) is 12.4 Å². The van der Waals surface area contributed by atoms with Gasteiger partial charge < -0.3 is 28.6 Å². The first kappa shape index (κ1) is 40.3. The Morgan fingerprint density at radius 1 is 0.833 bits per heavy atom. The van der Waals surface area contributed by atoms with Gasteiger partial charge in [0.25, 0.3) is 0 Å². The molecule has 2 amide bonds. The molecule has 0 aliphatic carbocycles. The van der Waals surface area contributed by atoms with E-state index in [9.17, 15) is 22.8 Å². The molecule has 7 heterocycles. The van der Waals surface area contributed by atoms with Crippen LogP contribution in [-0.4, -0.2) is 107 Å². The number of pyridine rings is 2. The molecule has 3 fully saturated rings. The summed E-state index contributed by atoms with van der Waals surface area (Å²) < 4.78 is 62.9. The van der Waals surface area contributed by atoms with Crippen LogP contribution in [0.3, 0.4) is 0 Å². The summed E-state index contributed by atoms with van der Waals surface area (Å²) in [6, 6.07) is 15.0. The van der Waals surface area contributed by atoms with Crippen molar-refractivity contribution in [3.63, 3.8) is 0 Å². The third kappa shape index (κ3) is 8.58. The van der Waals surface area contributed by atoms with E-state index in [1.165, 1.54) is 23.0 Å². The summed E-state index contributed by atoms with van der Waals surface area (Å²) in [4.78, 5) is 39.1. The number of imide groups is 1. The van der Waals surface area contributed by atoms with Crippen molar-refractivity contribution in [1.82, 2.24) is 29.7 Å². The zero-order valence-corrected chi connectivity index (χ0v) is 33.8. The number of carbonyl (C=O) groups excluding carboxylic acids is 2. The number of halogens is 3. The monoisotopic (exact) mass is 825 g/mol. The second-order valence-electron chi connectivity index (χ2n) is 16.5. The summed E-state index contributed by atoms with van der Waals surface area (Å²) >= 11 is 0. The number of amides is 2. The van der Waals surface area contributed by atoms with Crippen LogP contribution < -0.4 is 15.0 Å². The number of anilines is 1. The summed E-state index contributed by atoms with van der Waals surface area (Å²) in [5.74, 6) is -0.743. The van der Waals surface area contributed by atoms with Gasteiger partial charge in [-0.25, -0.2) is 4.98 Å². The minimum Gasteiger partial charge on any atom is -0.474 e. The quantitative estimate of drug-likeness (QED) is 0.0988. The number of aromatic nitrogens is 3. The maximum Gasteiger partial charge on any atom is 0.421 e. The van der Waals surface area contributed by atoms with Crippen molar-refractivity contribution in [3.05, 3.63) is 83.8 Å². The highest BCUT2D eigenvalue weighted by Crippen LogP contribution is 2.40. The molecule has 4 aliphatic rings. The SMILES string of the molecule is Cn1c2ccncc2c2ccc(-c3cnc(OC4CCN(CCCOCCCOC5CN(c6ccc7c(c6)CN(C6CCC(=O)NC6=O)C7)C5)CC4)c(C(F)(F)F)c3)cc21.